The molecule has 0 radical (unpaired) electrons. The Hall–Kier alpha value is -2.33. The van der Waals surface area contributed by atoms with E-state index in [-0.39, 0.29) is 5.02 Å². The van der Waals surface area contributed by atoms with Gasteiger partial charge >= 0.3 is 0 Å². The lowest BCUT2D eigenvalue weighted by Gasteiger charge is -2.14. The number of nitrogens with one attached hydrogen (secondary N) is 1. The Bertz CT molecular complexity index is 797. The normalized spacial score (nSPS) is 12.6. The molecule has 0 saturated carbocycles. The van der Waals surface area contributed by atoms with Crippen LogP contribution in [0.4, 0.5) is 10.1 Å². The SMILES string of the molecule is C/C(=C\C(C)C)NC(=NCc1ccc(F)c(Cl)c1)c1ccccc1N. The fourth-order valence-corrected chi connectivity index (χ4v) is 2.64. The van der Waals surface area contributed by atoms with E-state index < -0.39 is 5.82 Å². The van der Waals surface area contributed by atoms with Crippen LogP contribution in [0.2, 0.25) is 5.02 Å². The van der Waals surface area contributed by atoms with Gasteiger partial charge in [0.1, 0.15) is 11.7 Å². The highest BCUT2D eigenvalue weighted by molar-refractivity contribution is 6.30. The van der Waals surface area contributed by atoms with Crippen LogP contribution < -0.4 is 11.1 Å². The van der Waals surface area contributed by atoms with Gasteiger partial charge in [-0.05, 0) is 42.7 Å². The summed E-state index contributed by atoms with van der Waals surface area (Å²) in [5.74, 6) is 0.654. The van der Waals surface area contributed by atoms with Gasteiger partial charge in [-0.3, -0.25) is 4.99 Å². The summed E-state index contributed by atoms with van der Waals surface area (Å²) in [6.07, 6.45) is 2.11. The van der Waals surface area contributed by atoms with Crippen molar-refractivity contribution in [2.75, 3.05) is 5.73 Å². The van der Waals surface area contributed by atoms with Crippen LogP contribution in [-0.2, 0) is 6.54 Å². The van der Waals surface area contributed by atoms with Crippen molar-refractivity contribution in [3.05, 3.63) is 76.2 Å². The number of amidine groups is 1. The van der Waals surface area contributed by atoms with Crippen LogP contribution in [0.5, 0.6) is 0 Å². The largest absolute Gasteiger partial charge is 0.398 e. The zero-order valence-corrected chi connectivity index (χ0v) is 15.4. The number of nitrogens with two attached hydrogens (primary N) is 1. The molecule has 0 aliphatic rings. The van der Waals surface area contributed by atoms with E-state index in [4.69, 9.17) is 17.3 Å². The van der Waals surface area contributed by atoms with Crippen molar-refractivity contribution in [1.29, 1.82) is 0 Å². The van der Waals surface area contributed by atoms with Gasteiger partial charge in [0.25, 0.3) is 0 Å². The molecule has 0 saturated heterocycles. The van der Waals surface area contributed by atoms with Crippen LogP contribution >= 0.6 is 11.6 Å². The molecule has 2 aromatic carbocycles. The van der Waals surface area contributed by atoms with E-state index in [0.29, 0.717) is 24.0 Å². The van der Waals surface area contributed by atoms with Crippen LogP contribution in [0.3, 0.4) is 0 Å². The number of nitrogen functional groups attached to an aromatic ring is 1. The first-order valence-corrected chi connectivity index (χ1v) is 8.53. The fourth-order valence-electron chi connectivity index (χ4n) is 2.44. The number of rotatable bonds is 5. The second-order valence-electron chi connectivity index (χ2n) is 6.22. The molecule has 0 heterocycles. The lowest BCUT2D eigenvalue weighted by Crippen LogP contribution is -2.24. The van der Waals surface area contributed by atoms with Gasteiger partial charge in [-0.1, -0.05) is 49.7 Å². The van der Waals surface area contributed by atoms with Crippen molar-refractivity contribution in [2.45, 2.75) is 27.3 Å². The second kappa shape index (κ2) is 8.67. The third kappa shape index (κ3) is 5.61. The molecule has 0 atom stereocenters. The predicted octanol–water partition coefficient (Wildman–Crippen LogP) is 5.16. The number of benzene rings is 2. The summed E-state index contributed by atoms with van der Waals surface area (Å²) < 4.78 is 13.3. The number of hydrogen-bond donors (Lipinski definition) is 2. The van der Waals surface area contributed by atoms with E-state index in [1.54, 1.807) is 12.1 Å². The van der Waals surface area contributed by atoms with E-state index >= 15 is 0 Å². The Balaban J connectivity index is 2.33. The first-order chi connectivity index (χ1) is 11.9. The molecular formula is C20H23ClFN3. The molecule has 0 fully saturated rings. The molecule has 0 aliphatic carbocycles. The molecular weight excluding hydrogens is 337 g/mol. The summed E-state index contributed by atoms with van der Waals surface area (Å²) in [5.41, 5.74) is 9.39. The van der Waals surface area contributed by atoms with Gasteiger partial charge in [-0.2, -0.15) is 0 Å². The van der Waals surface area contributed by atoms with Crippen molar-refractivity contribution < 1.29 is 4.39 Å². The van der Waals surface area contributed by atoms with Crippen LogP contribution in [0.25, 0.3) is 0 Å². The Morgan fingerprint density at radius 2 is 2.00 bits per heavy atom. The van der Waals surface area contributed by atoms with Crippen molar-refractivity contribution in [3.8, 4) is 0 Å². The maximum atomic E-state index is 13.3. The average Bonchev–Trinajstić information content (AvgIpc) is 2.54. The topological polar surface area (TPSA) is 50.4 Å². The van der Waals surface area contributed by atoms with Crippen LogP contribution in [-0.4, -0.2) is 5.84 Å². The molecule has 0 amide bonds. The minimum absolute atomic E-state index is 0.0947. The molecule has 0 bridgehead atoms. The van der Waals surface area contributed by atoms with Gasteiger partial charge in [-0.15, -0.1) is 0 Å². The number of nitrogens with zero attached hydrogens (tertiary/aromatic N) is 1. The quantitative estimate of drug-likeness (QED) is 0.440. The lowest BCUT2D eigenvalue weighted by atomic mass is 10.1. The monoisotopic (exact) mass is 359 g/mol. The van der Waals surface area contributed by atoms with Gasteiger partial charge in [0.05, 0.1) is 11.6 Å². The molecule has 132 valence electrons. The van der Waals surface area contributed by atoms with Gasteiger partial charge in [0, 0.05) is 16.9 Å². The van der Waals surface area contributed by atoms with E-state index in [1.165, 1.54) is 6.07 Å². The molecule has 2 rings (SSSR count). The number of aliphatic imine (C=N–C) groups is 1. The fraction of sp³-hybridized carbons (Fsp3) is 0.250. The summed E-state index contributed by atoms with van der Waals surface area (Å²) in [6.45, 7) is 6.58. The molecule has 0 aliphatic heterocycles. The zero-order valence-electron chi connectivity index (χ0n) is 14.7. The maximum Gasteiger partial charge on any atom is 0.141 e. The maximum absolute atomic E-state index is 13.3. The molecule has 0 unspecified atom stereocenters. The highest BCUT2D eigenvalue weighted by atomic mass is 35.5. The third-order valence-corrected chi connectivity index (χ3v) is 3.81. The summed E-state index contributed by atoms with van der Waals surface area (Å²) in [6, 6.07) is 12.2. The van der Waals surface area contributed by atoms with Crippen LogP contribution in [0.1, 0.15) is 31.9 Å². The summed E-state index contributed by atoms with van der Waals surface area (Å²) in [4.78, 5) is 4.65. The van der Waals surface area contributed by atoms with Gasteiger partial charge < -0.3 is 11.1 Å². The number of hydrogen-bond acceptors (Lipinski definition) is 2. The van der Waals surface area contributed by atoms with E-state index in [2.05, 4.69) is 30.2 Å². The first-order valence-electron chi connectivity index (χ1n) is 8.15. The van der Waals surface area contributed by atoms with Crippen molar-refractivity contribution >= 4 is 23.1 Å². The van der Waals surface area contributed by atoms with Gasteiger partial charge in [-0.25, -0.2) is 4.39 Å². The van der Waals surface area contributed by atoms with Gasteiger partial charge in [0.15, 0.2) is 0 Å². The molecule has 5 heteroatoms. The number of para-hydroxylation sites is 1. The Morgan fingerprint density at radius 3 is 2.64 bits per heavy atom. The van der Waals surface area contributed by atoms with Crippen molar-refractivity contribution in [3.63, 3.8) is 0 Å². The first kappa shape index (κ1) is 19.0. The Kier molecular flexibility index (Phi) is 6.59. The summed E-state index contributed by atoms with van der Waals surface area (Å²) in [5, 5.41) is 3.42. The number of halogens is 2. The molecule has 0 aromatic heterocycles. The molecule has 3 nitrogen and oxygen atoms in total. The smallest absolute Gasteiger partial charge is 0.141 e. The Labute approximate surface area is 153 Å². The Morgan fingerprint density at radius 1 is 1.28 bits per heavy atom. The van der Waals surface area contributed by atoms with Crippen LogP contribution in [0.15, 0.2) is 59.2 Å². The molecule has 0 spiro atoms. The summed E-state index contributed by atoms with van der Waals surface area (Å²) >= 11 is 5.84. The van der Waals surface area contributed by atoms with Crippen molar-refractivity contribution in [2.24, 2.45) is 10.9 Å². The number of allylic oxidation sites excluding steroid dienone is 2. The molecule has 25 heavy (non-hydrogen) atoms. The highest BCUT2D eigenvalue weighted by Gasteiger charge is 2.08. The van der Waals surface area contributed by atoms with E-state index in [0.717, 1.165) is 16.8 Å². The molecule has 2 aromatic rings. The minimum atomic E-state index is -0.434. The van der Waals surface area contributed by atoms with Gasteiger partial charge in [0.2, 0.25) is 0 Å². The van der Waals surface area contributed by atoms with E-state index in [9.17, 15) is 4.39 Å². The zero-order chi connectivity index (χ0) is 18.4. The van der Waals surface area contributed by atoms with E-state index in [1.807, 2.05) is 31.2 Å². The third-order valence-electron chi connectivity index (χ3n) is 3.52. The predicted molar refractivity (Wildman–Crippen MR) is 104 cm³/mol. The minimum Gasteiger partial charge on any atom is -0.398 e. The highest BCUT2D eigenvalue weighted by Crippen LogP contribution is 2.18. The molecule has 3 N–H and O–H groups in total. The second-order valence-corrected chi connectivity index (χ2v) is 6.63. The standard InChI is InChI=1S/C20H23ClFN3/c1-13(2)10-14(3)25-20(16-6-4-5-7-19(16)23)24-12-15-8-9-18(22)17(21)11-15/h4-11,13H,12,23H2,1-3H3,(H,24,25)/b14-10+. The van der Waals surface area contributed by atoms with Crippen molar-refractivity contribution in [1.82, 2.24) is 5.32 Å². The van der Waals surface area contributed by atoms with Crippen LogP contribution in [0, 0.1) is 11.7 Å². The number of anilines is 1. The lowest BCUT2D eigenvalue weighted by molar-refractivity contribution is 0.627. The average molecular weight is 360 g/mol. The summed E-state index contributed by atoms with van der Waals surface area (Å²) in [7, 11) is 0.